The Labute approximate surface area is 191 Å². The number of anilines is 1. The van der Waals surface area contributed by atoms with E-state index < -0.39 is 12.0 Å². The third kappa shape index (κ3) is 4.20. The zero-order chi connectivity index (χ0) is 22.9. The van der Waals surface area contributed by atoms with Crippen LogP contribution in [0.25, 0.3) is 0 Å². The van der Waals surface area contributed by atoms with Gasteiger partial charge in [-0.1, -0.05) is 50.2 Å². The molecule has 4 rings (SSSR count). The van der Waals surface area contributed by atoms with Gasteiger partial charge >= 0.3 is 0 Å². The molecular weight excluding hydrogens is 426 g/mol. The summed E-state index contributed by atoms with van der Waals surface area (Å²) in [5.41, 5.74) is 1.02. The van der Waals surface area contributed by atoms with E-state index in [4.69, 9.17) is 9.26 Å². The van der Waals surface area contributed by atoms with Crippen molar-refractivity contribution in [2.75, 3.05) is 25.6 Å². The molecule has 168 valence electrons. The molecule has 0 fully saturated rings. The Morgan fingerprint density at radius 2 is 2.03 bits per heavy atom. The lowest BCUT2D eigenvalue weighted by atomic mass is 9.81. The fourth-order valence-electron chi connectivity index (χ4n) is 3.98. The van der Waals surface area contributed by atoms with Gasteiger partial charge in [0.05, 0.1) is 18.6 Å². The molecule has 1 aliphatic rings. The molecule has 3 heterocycles. The Kier molecular flexibility index (Phi) is 6.17. The van der Waals surface area contributed by atoms with Crippen LogP contribution < -0.4 is 5.32 Å². The monoisotopic (exact) mass is 453 g/mol. The van der Waals surface area contributed by atoms with Gasteiger partial charge in [-0.2, -0.15) is 0 Å². The van der Waals surface area contributed by atoms with Crippen molar-refractivity contribution < 1.29 is 18.8 Å². The van der Waals surface area contributed by atoms with Crippen LogP contribution >= 0.6 is 11.3 Å². The van der Waals surface area contributed by atoms with E-state index in [1.807, 2.05) is 56.5 Å². The smallest absolute Gasteiger partial charge is 0.254 e. The number of thiophene rings is 1. The molecule has 7 nitrogen and oxygen atoms in total. The van der Waals surface area contributed by atoms with Gasteiger partial charge in [0.1, 0.15) is 5.76 Å². The first kappa shape index (κ1) is 22.2. The molecule has 2 aromatic heterocycles. The van der Waals surface area contributed by atoms with Crippen molar-refractivity contribution in [1.82, 2.24) is 10.1 Å². The molecule has 8 heteroatoms. The Balaban J connectivity index is 1.75. The topological polar surface area (TPSA) is 84.7 Å². The molecule has 0 radical (unpaired) electrons. The fraction of sp³-hybridized carbons (Fsp3) is 0.375. The number of amides is 2. The molecular formula is C24H27N3O4S. The summed E-state index contributed by atoms with van der Waals surface area (Å²) in [5.74, 6) is 0.108. The zero-order valence-corrected chi connectivity index (χ0v) is 19.4. The number of nitrogens with one attached hydrogen (secondary N) is 1. The summed E-state index contributed by atoms with van der Waals surface area (Å²) in [4.78, 5) is 29.7. The van der Waals surface area contributed by atoms with Crippen LogP contribution in [0.3, 0.4) is 0 Å². The molecule has 32 heavy (non-hydrogen) atoms. The first-order chi connectivity index (χ1) is 15.3. The SMILES string of the molecule is COCCN1C(=O)c2ccccc2C(C(=O)Nc2cc(C(C)(C)C)on2)C1c1cccs1. The van der Waals surface area contributed by atoms with E-state index >= 15 is 0 Å². The lowest BCUT2D eigenvalue weighted by Gasteiger charge is -2.41. The molecule has 2 unspecified atom stereocenters. The van der Waals surface area contributed by atoms with Crippen LogP contribution in [0, 0.1) is 0 Å². The lowest BCUT2D eigenvalue weighted by molar-refractivity contribution is -0.119. The van der Waals surface area contributed by atoms with Gasteiger partial charge in [0.25, 0.3) is 5.91 Å². The van der Waals surface area contributed by atoms with E-state index in [1.54, 1.807) is 24.1 Å². The summed E-state index contributed by atoms with van der Waals surface area (Å²) in [7, 11) is 1.60. The highest BCUT2D eigenvalue weighted by Crippen LogP contribution is 2.44. The standard InChI is InChI=1S/C24H27N3O4S/c1-24(2,3)18-14-19(26-31-18)25-22(28)20-15-8-5-6-9-16(15)23(29)27(11-12-30-4)21(20)17-10-7-13-32-17/h5-10,13-14,20-21H,11-12H2,1-4H3,(H,25,26,28). The molecule has 0 saturated heterocycles. The van der Waals surface area contributed by atoms with Crippen LogP contribution in [0.5, 0.6) is 0 Å². The number of hydrogen-bond donors (Lipinski definition) is 1. The minimum atomic E-state index is -0.603. The number of nitrogens with zero attached hydrogens (tertiary/aromatic N) is 2. The van der Waals surface area contributed by atoms with Gasteiger partial charge in [-0.25, -0.2) is 0 Å². The van der Waals surface area contributed by atoms with E-state index in [2.05, 4.69) is 10.5 Å². The number of ether oxygens (including phenoxy) is 1. The van der Waals surface area contributed by atoms with Gasteiger partial charge in [-0.3, -0.25) is 9.59 Å². The van der Waals surface area contributed by atoms with Crippen molar-refractivity contribution >= 4 is 29.0 Å². The maximum absolute atomic E-state index is 13.7. The molecule has 0 bridgehead atoms. The molecule has 2 amide bonds. The average molecular weight is 454 g/mol. The third-order valence-electron chi connectivity index (χ3n) is 5.59. The number of benzene rings is 1. The van der Waals surface area contributed by atoms with E-state index in [1.165, 1.54) is 11.3 Å². The van der Waals surface area contributed by atoms with E-state index in [0.29, 0.717) is 35.9 Å². The van der Waals surface area contributed by atoms with Crippen molar-refractivity contribution in [3.8, 4) is 0 Å². The van der Waals surface area contributed by atoms with Gasteiger partial charge in [0.15, 0.2) is 5.82 Å². The summed E-state index contributed by atoms with van der Waals surface area (Å²) >= 11 is 1.53. The Bertz CT molecular complexity index is 1100. The highest BCUT2D eigenvalue weighted by molar-refractivity contribution is 7.10. The summed E-state index contributed by atoms with van der Waals surface area (Å²) in [6.45, 7) is 6.81. The lowest BCUT2D eigenvalue weighted by Crippen LogP contribution is -2.47. The van der Waals surface area contributed by atoms with Gasteiger partial charge < -0.3 is 19.5 Å². The summed E-state index contributed by atoms with van der Waals surface area (Å²) in [5, 5.41) is 8.92. The van der Waals surface area contributed by atoms with Gasteiger partial charge in [0.2, 0.25) is 5.91 Å². The van der Waals surface area contributed by atoms with Gasteiger partial charge in [0, 0.05) is 35.6 Å². The van der Waals surface area contributed by atoms with E-state index in [9.17, 15) is 9.59 Å². The van der Waals surface area contributed by atoms with Crippen molar-refractivity contribution in [1.29, 1.82) is 0 Å². The van der Waals surface area contributed by atoms with Crippen molar-refractivity contribution in [2.45, 2.75) is 38.1 Å². The first-order valence-corrected chi connectivity index (χ1v) is 11.4. The maximum atomic E-state index is 13.7. The van der Waals surface area contributed by atoms with Gasteiger partial charge in [-0.15, -0.1) is 11.3 Å². The minimum Gasteiger partial charge on any atom is -0.383 e. The first-order valence-electron chi connectivity index (χ1n) is 10.5. The predicted molar refractivity (Wildman–Crippen MR) is 123 cm³/mol. The van der Waals surface area contributed by atoms with Crippen molar-refractivity contribution in [3.63, 3.8) is 0 Å². The normalized spacial score (nSPS) is 18.5. The summed E-state index contributed by atoms with van der Waals surface area (Å²) in [6.07, 6.45) is 0. The predicted octanol–water partition coefficient (Wildman–Crippen LogP) is 4.60. The van der Waals surface area contributed by atoms with E-state index in [0.717, 1.165) is 4.88 Å². The highest BCUT2D eigenvalue weighted by atomic mass is 32.1. The van der Waals surface area contributed by atoms with Crippen LogP contribution in [-0.4, -0.2) is 42.1 Å². The number of carbonyl (C=O) groups excluding carboxylic acids is 2. The van der Waals surface area contributed by atoms with Crippen LogP contribution in [0.2, 0.25) is 0 Å². The van der Waals surface area contributed by atoms with Gasteiger partial charge in [-0.05, 0) is 23.1 Å². The number of carbonyl (C=O) groups is 2. The highest BCUT2D eigenvalue weighted by Gasteiger charge is 2.44. The van der Waals surface area contributed by atoms with E-state index in [-0.39, 0.29) is 17.2 Å². The Hall–Kier alpha value is -2.97. The second-order valence-electron chi connectivity index (χ2n) is 8.83. The number of aromatic nitrogens is 1. The largest absolute Gasteiger partial charge is 0.383 e. The Morgan fingerprint density at radius 3 is 2.69 bits per heavy atom. The number of methoxy groups -OCH3 is 1. The molecule has 1 N–H and O–H groups in total. The van der Waals surface area contributed by atoms with Crippen LogP contribution in [0.4, 0.5) is 5.82 Å². The summed E-state index contributed by atoms with van der Waals surface area (Å²) < 4.78 is 10.7. The number of fused-ring (bicyclic) bond motifs is 1. The zero-order valence-electron chi connectivity index (χ0n) is 18.6. The minimum absolute atomic E-state index is 0.100. The molecule has 1 aromatic carbocycles. The fourth-order valence-corrected chi connectivity index (χ4v) is 4.85. The maximum Gasteiger partial charge on any atom is 0.254 e. The molecule has 3 aromatic rings. The second-order valence-corrected chi connectivity index (χ2v) is 9.81. The molecule has 0 spiro atoms. The second kappa shape index (κ2) is 8.88. The average Bonchev–Trinajstić information content (AvgIpc) is 3.45. The number of hydrogen-bond acceptors (Lipinski definition) is 6. The quantitative estimate of drug-likeness (QED) is 0.590. The third-order valence-corrected chi connectivity index (χ3v) is 6.54. The van der Waals surface area contributed by atoms with Crippen molar-refractivity contribution in [2.24, 2.45) is 0 Å². The van der Waals surface area contributed by atoms with Crippen LogP contribution in [0.15, 0.2) is 52.4 Å². The summed E-state index contributed by atoms with van der Waals surface area (Å²) in [6, 6.07) is 12.5. The van der Waals surface area contributed by atoms with Crippen molar-refractivity contribution in [3.05, 3.63) is 69.6 Å². The van der Waals surface area contributed by atoms with Crippen LogP contribution in [0.1, 0.15) is 59.3 Å². The number of rotatable bonds is 6. The molecule has 1 aliphatic heterocycles. The molecule has 0 saturated carbocycles. The molecule has 2 atom stereocenters. The van der Waals surface area contributed by atoms with Crippen LogP contribution in [-0.2, 0) is 14.9 Å². The molecule has 0 aliphatic carbocycles. The Morgan fingerprint density at radius 1 is 1.25 bits per heavy atom.